The molecule has 0 aromatic heterocycles. The molecule has 0 spiro atoms. The summed E-state index contributed by atoms with van der Waals surface area (Å²) in [4.78, 5) is 27.7. The van der Waals surface area contributed by atoms with E-state index in [0.29, 0.717) is 10.7 Å². The number of anilines is 1. The van der Waals surface area contributed by atoms with Crippen LogP contribution in [0.4, 0.5) is 14.5 Å². The molecule has 0 radical (unpaired) electrons. The van der Waals surface area contributed by atoms with Gasteiger partial charge in [0, 0.05) is 18.2 Å². The number of nitrogens with one attached hydrogen (secondary N) is 1. The monoisotopic (exact) mass is 543 g/mol. The standard InChI is InChI=1S/C28H31F2N3O4S/c1-4-20(2)31-28(35)21(3)32(18-22-12-8-9-15-24(22)29)27(34)19-33(26-17-11-10-16-25(26)30)38(36,37)23-13-6-5-7-14-23/h5-17,20-21H,4,18-19H2,1-3H3,(H,31,35)/t20-,21-/m1/s1. The van der Waals surface area contributed by atoms with Gasteiger partial charge in [0.15, 0.2) is 0 Å². The van der Waals surface area contributed by atoms with Crippen LogP contribution < -0.4 is 9.62 Å². The highest BCUT2D eigenvalue weighted by Crippen LogP contribution is 2.27. The fourth-order valence-corrected chi connectivity index (χ4v) is 5.19. The van der Waals surface area contributed by atoms with Gasteiger partial charge in [-0.25, -0.2) is 17.2 Å². The zero-order chi connectivity index (χ0) is 27.9. The van der Waals surface area contributed by atoms with Crippen LogP contribution in [0.5, 0.6) is 0 Å². The van der Waals surface area contributed by atoms with Crippen LogP contribution in [0, 0.1) is 11.6 Å². The van der Waals surface area contributed by atoms with Crippen LogP contribution in [0.1, 0.15) is 32.8 Å². The highest BCUT2D eigenvalue weighted by Gasteiger charge is 2.34. The van der Waals surface area contributed by atoms with Crippen molar-refractivity contribution in [3.05, 3.63) is 96.1 Å². The lowest BCUT2D eigenvalue weighted by atomic mass is 10.1. The first-order valence-corrected chi connectivity index (χ1v) is 13.7. The van der Waals surface area contributed by atoms with Gasteiger partial charge in [-0.05, 0) is 50.6 Å². The normalized spacial score (nSPS) is 12.9. The molecule has 0 aliphatic carbocycles. The van der Waals surface area contributed by atoms with Gasteiger partial charge in [-0.3, -0.25) is 13.9 Å². The van der Waals surface area contributed by atoms with E-state index in [0.717, 1.165) is 11.0 Å². The molecule has 0 heterocycles. The van der Waals surface area contributed by atoms with Crippen LogP contribution in [0.3, 0.4) is 0 Å². The second-order valence-corrected chi connectivity index (χ2v) is 10.7. The SMILES string of the molecule is CC[C@@H](C)NC(=O)[C@@H](C)N(Cc1ccccc1F)C(=O)CN(c1ccccc1F)S(=O)(=O)c1ccccc1. The molecule has 0 bridgehead atoms. The Morgan fingerprint density at radius 2 is 1.45 bits per heavy atom. The van der Waals surface area contributed by atoms with Gasteiger partial charge < -0.3 is 10.2 Å². The molecular weight excluding hydrogens is 512 g/mol. The smallest absolute Gasteiger partial charge is 0.264 e. The Labute approximate surface area is 222 Å². The van der Waals surface area contributed by atoms with Gasteiger partial charge in [-0.2, -0.15) is 0 Å². The summed E-state index contributed by atoms with van der Waals surface area (Å²) in [5.74, 6) is -2.71. The number of para-hydroxylation sites is 1. The fourth-order valence-electron chi connectivity index (χ4n) is 3.75. The number of nitrogens with zero attached hydrogens (tertiary/aromatic N) is 2. The number of amides is 2. The van der Waals surface area contributed by atoms with Crippen molar-refractivity contribution in [1.29, 1.82) is 0 Å². The molecule has 0 aliphatic heterocycles. The van der Waals surface area contributed by atoms with E-state index >= 15 is 0 Å². The van der Waals surface area contributed by atoms with Crippen molar-refractivity contribution >= 4 is 27.5 Å². The fraction of sp³-hybridized carbons (Fsp3) is 0.286. The van der Waals surface area contributed by atoms with Gasteiger partial charge >= 0.3 is 0 Å². The molecule has 7 nitrogen and oxygen atoms in total. The third kappa shape index (κ3) is 6.74. The summed E-state index contributed by atoms with van der Waals surface area (Å²) >= 11 is 0. The average Bonchev–Trinajstić information content (AvgIpc) is 2.91. The first-order valence-electron chi connectivity index (χ1n) is 12.2. The summed E-state index contributed by atoms with van der Waals surface area (Å²) in [5, 5.41) is 2.80. The van der Waals surface area contributed by atoms with Gasteiger partial charge in [0.05, 0.1) is 10.6 Å². The summed E-state index contributed by atoms with van der Waals surface area (Å²) in [6, 6.07) is 17.1. The second kappa shape index (κ2) is 12.6. The van der Waals surface area contributed by atoms with Crippen molar-refractivity contribution in [3.63, 3.8) is 0 Å². The average molecular weight is 544 g/mol. The molecule has 0 fully saturated rings. The van der Waals surface area contributed by atoms with Crippen molar-refractivity contribution in [2.45, 2.75) is 50.7 Å². The van der Waals surface area contributed by atoms with Crippen LogP contribution >= 0.6 is 0 Å². The first kappa shape index (κ1) is 28.8. The van der Waals surface area contributed by atoms with Crippen molar-refractivity contribution < 1.29 is 26.8 Å². The number of benzene rings is 3. The summed E-state index contributed by atoms with van der Waals surface area (Å²) < 4.78 is 57.3. The van der Waals surface area contributed by atoms with E-state index < -0.39 is 46.1 Å². The number of carbonyl (C=O) groups excluding carboxylic acids is 2. The number of halogens is 2. The maximum atomic E-state index is 14.9. The molecule has 0 unspecified atom stereocenters. The van der Waals surface area contributed by atoms with E-state index in [-0.39, 0.29) is 28.7 Å². The minimum Gasteiger partial charge on any atom is -0.352 e. The highest BCUT2D eigenvalue weighted by atomic mass is 32.2. The van der Waals surface area contributed by atoms with Gasteiger partial charge in [0.1, 0.15) is 24.2 Å². The Balaban J connectivity index is 2.04. The molecule has 3 rings (SSSR count). The maximum Gasteiger partial charge on any atom is 0.264 e. The van der Waals surface area contributed by atoms with Crippen LogP contribution in [0.2, 0.25) is 0 Å². The molecule has 202 valence electrons. The number of hydrogen-bond acceptors (Lipinski definition) is 4. The Morgan fingerprint density at radius 1 is 0.868 bits per heavy atom. The summed E-state index contributed by atoms with van der Waals surface area (Å²) in [7, 11) is -4.38. The third-order valence-corrected chi connectivity index (χ3v) is 7.97. The predicted octanol–water partition coefficient (Wildman–Crippen LogP) is 4.49. The molecule has 0 aliphatic rings. The molecule has 0 saturated heterocycles. The van der Waals surface area contributed by atoms with E-state index in [1.54, 1.807) is 19.1 Å². The van der Waals surface area contributed by atoms with Gasteiger partial charge in [-0.15, -0.1) is 0 Å². The number of sulfonamides is 1. The van der Waals surface area contributed by atoms with Crippen LogP contribution in [0.25, 0.3) is 0 Å². The van der Waals surface area contributed by atoms with E-state index in [4.69, 9.17) is 0 Å². The lowest BCUT2D eigenvalue weighted by molar-refractivity contribution is -0.139. The molecule has 3 aromatic rings. The lowest BCUT2D eigenvalue weighted by Gasteiger charge is -2.32. The third-order valence-electron chi connectivity index (χ3n) is 6.20. The Morgan fingerprint density at radius 3 is 2.05 bits per heavy atom. The van der Waals surface area contributed by atoms with Crippen LogP contribution in [0.15, 0.2) is 83.8 Å². The van der Waals surface area contributed by atoms with Gasteiger partial charge in [0.2, 0.25) is 11.8 Å². The largest absolute Gasteiger partial charge is 0.352 e. The Bertz CT molecular complexity index is 1370. The minimum absolute atomic E-state index is 0.140. The summed E-state index contributed by atoms with van der Waals surface area (Å²) in [5.41, 5.74) is -0.181. The Kier molecular flexibility index (Phi) is 9.57. The second-order valence-electron chi connectivity index (χ2n) is 8.88. The predicted molar refractivity (Wildman–Crippen MR) is 142 cm³/mol. The van der Waals surface area contributed by atoms with Crippen molar-refractivity contribution in [2.75, 3.05) is 10.8 Å². The minimum atomic E-state index is -4.38. The highest BCUT2D eigenvalue weighted by molar-refractivity contribution is 7.92. The van der Waals surface area contributed by atoms with Gasteiger partial charge in [0.25, 0.3) is 10.0 Å². The molecule has 38 heavy (non-hydrogen) atoms. The Hall–Kier alpha value is -3.79. The zero-order valence-corrected chi connectivity index (χ0v) is 22.3. The summed E-state index contributed by atoms with van der Waals surface area (Å²) in [6.45, 7) is 4.07. The number of carbonyl (C=O) groups is 2. The van der Waals surface area contributed by atoms with Crippen LogP contribution in [-0.2, 0) is 26.2 Å². The van der Waals surface area contributed by atoms with Crippen LogP contribution in [-0.4, -0.2) is 43.8 Å². The molecule has 3 aromatic carbocycles. The van der Waals surface area contributed by atoms with E-state index in [2.05, 4.69) is 5.32 Å². The molecule has 0 saturated carbocycles. The maximum absolute atomic E-state index is 14.9. The van der Waals surface area contributed by atoms with Crippen molar-refractivity contribution in [3.8, 4) is 0 Å². The summed E-state index contributed by atoms with van der Waals surface area (Å²) in [6.07, 6.45) is 0.649. The molecule has 1 N–H and O–H groups in total. The van der Waals surface area contributed by atoms with E-state index in [9.17, 15) is 26.8 Å². The number of rotatable bonds is 11. The quantitative estimate of drug-likeness (QED) is 0.386. The first-order chi connectivity index (χ1) is 18.1. The number of hydrogen-bond donors (Lipinski definition) is 1. The van der Waals surface area contributed by atoms with E-state index in [1.165, 1.54) is 67.6 Å². The zero-order valence-electron chi connectivity index (χ0n) is 21.5. The molecule has 2 amide bonds. The van der Waals surface area contributed by atoms with E-state index in [1.807, 2.05) is 6.92 Å². The van der Waals surface area contributed by atoms with Gasteiger partial charge in [-0.1, -0.05) is 55.5 Å². The topological polar surface area (TPSA) is 86.8 Å². The molecule has 2 atom stereocenters. The lowest BCUT2D eigenvalue weighted by Crippen LogP contribution is -2.52. The molecule has 10 heteroatoms. The van der Waals surface area contributed by atoms with Crippen molar-refractivity contribution in [2.24, 2.45) is 0 Å². The van der Waals surface area contributed by atoms with Crippen molar-refractivity contribution in [1.82, 2.24) is 10.2 Å². The molecular formula is C28H31F2N3O4S.